The van der Waals surface area contributed by atoms with E-state index in [1.54, 1.807) is 36.4 Å². The van der Waals surface area contributed by atoms with Gasteiger partial charge >= 0.3 is 0 Å². The molecule has 0 saturated carbocycles. The van der Waals surface area contributed by atoms with Crippen molar-refractivity contribution >= 4 is 23.2 Å². The SMILES string of the molecule is CCc1c(F)cccc1NC(=O)C[C@H](c1ccc(F)cc1)c1cccc(Cl)c1.CN. The van der Waals surface area contributed by atoms with Gasteiger partial charge in [-0.1, -0.05) is 48.9 Å². The van der Waals surface area contributed by atoms with Crippen LogP contribution in [0.2, 0.25) is 5.02 Å². The van der Waals surface area contributed by atoms with Gasteiger partial charge in [0.25, 0.3) is 0 Å². The molecule has 30 heavy (non-hydrogen) atoms. The van der Waals surface area contributed by atoms with E-state index in [-0.39, 0.29) is 29.9 Å². The first kappa shape index (κ1) is 23.5. The molecular weight excluding hydrogens is 406 g/mol. The van der Waals surface area contributed by atoms with Crippen molar-refractivity contribution in [3.05, 3.63) is 100 Å². The third-order valence-corrected chi connectivity index (χ3v) is 4.89. The van der Waals surface area contributed by atoms with E-state index in [9.17, 15) is 13.6 Å². The largest absolute Gasteiger partial charge is 0.333 e. The topological polar surface area (TPSA) is 55.1 Å². The van der Waals surface area contributed by atoms with E-state index in [0.717, 1.165) is 11.1 Å². The van der Waals surface area contributed by atoms with Crippen molar-refractivity contribution in [2.24, 2.45) is 5.73 Å². The third kappa shape index (κ3) is 6.12. The normalized spacial score (nSPS) is 11.3. The summed E-state index contributed by atoms with van der Waals surface area (Å²) in [7, 11) is 1.50. The summed E-state index contributed by atoms with van der Waals surface area (Å²) in [6, 6.07) is 17.9. The summed E-state index contributed by atoms with van der Waals surface area (Å²) in [5.74, 6) is -1.25. The monoisotopic (exact) mass is 430 g/mol. The van der Waals surface area contributed by atoms with Crippen molar-refractivity contribution in [2.75, 3.05) is 12.4 Å². The fourth-order valence-corrected chi connectivity index (χ4v) is 3.47. The molecule has 0 bridgehead atoms. The Hall–Kier alpha value is -2.76. The average molecular weight is 431 g/mol. The van der Waals surface area contributed by atoms with E-state index in [1.807, 2.05) is 19.1 Å². The van der Waals surface area contributed by atoms with Gasteiger partial charge in [-0.15, -0.1) is 0 Å². The predicted molar refractivity (Wildman–Crippen MR) is 119 cm³/mol. The standard InChI is InChI=1S/C23H20ClF2NO.CH5N/c1-2-19-21(26)7-4-8-22(19)27-23(28)14-20(15-9-11-18(25)12-10-15)16-5-3-6-17(24)13-16;1-2/h3-13,20H,2,14H2,1H3,(H,27,28);2H2,1H3/t20-;/m1./s1. The van der Waals surface area contributed by atoms with Gasteiger partial charge in [-0.25, -0.2) is 8.78 Å². The number of benzene rings is 3. The molecule has 0 aliphatic rings. The number of carbonyl (C=O) groups is 1. The Morgan fingerprint density at radius 3 is 2.30 bits per heavy atom. The van der Waals surface area contributed by atoms with Gasteiger partial charge in [0.2, 0.25) is 5.91 Å². The highest BCUT2D eigenvalue weighted by molar-refractivity contribution is 6.30. The molecule has 0 saturated heterocycles. The molecule has 0 spiro atoms. The molecule has 0 radical (unpaired) electrons. The molecule has 3 aromatic carbocycles. The lowest BCUT2D eigenvalue weighted by Gasteiger charge is -2.19. The lowest BCUT2D eigenvalue weighted by atomic mass is 9.88. The minimum absolute atomic E-state index is 0.117. The summed E-state index contributed by atoms with van der Waals surface area (Å²) >= 11 is 6.12. The zero-order valence-electron chi connectivity index (χ0n) is 17.0. The molecule has 6 heteroatoms. The predicted octanol–water partition coefficient (Wildman–Crippen LogP) is 5.92. The highest BCUT2D eigenvalue weighted by Gasteiger charge is 2.20. The summed E-state index contributed by atoms with van der Waals surface area (Å²) in [4.78, 5) is 12.8. The first-order valence-electron chi connectivity index (χ1n) is 9.63. The van der Waals surface area contributed by atoms with Crippen LogP contribution in [-0.4, -0.2) is 13.0 Å². The summed E-state index contributed by atoms with van der Waals surface area (Å²) < 4.78 is 27.3. The van der Waals surface area contributed by atoms with Crippen LogP contribution < -0.4 is 11.1 Å². The molecule has 3 aromatic rings. The highest BCUT2D eigenvalue weighted by atomic mass is 35.5. The Bertz CT molecular complexity index is 977. The summed E-state index contributed by atoms with van der Waals surface area (Å²) in [5, 5.41) is 3.37. The maximum absolute atomic E-state index is 14.0. The van der Waals surface area contributed by atoms with Gasteiger partial charge in [-0.3, -0.25) is 4.79 Å². The lowest BCUT2D eigenvalue weighted by Crippen LogP contribution is -2.17. The minimum atomic E-state index is -0.342. The van der Waals surface area contributed by atoms with Crippen molar-refractivity contribution in [2.45, 2.75) is 25.7 Å². The van der Waals surface area contributed by atoms with Crippen LogP contribution in [0.25, 0.3) is 0 Å². The first-order chi connectivity index (χ1) is 14.5. The number of rotatable bonds is 6. The maximum Gasteiger partial charge on any atom is 0.225 e. The third-order valence-electron chi connectivity index (χ3n) is 4.66. The Balaban J connectivity index is 0.00000155. The second-order valence-electron chi connectivity index (χ2n) is 6.53. The molecule has 0 fully saturated rings. The fraction of sp³-hybridized carbons (Fsp3) is 0.208. The quantitative estimate of drug-likeness (QED) is 0.510. The lowest BCUT2D eigenvalue weighted by molar-refractivity contribution is -0.116. The van der Waals surface area contributed by atoms with Crippen LogP contribution in [0.15, 0.2) is 66.7 Å². The summed E-state index contributed by atoms with van der Waals surface area (Å²) in [6.45, 7) is 1.83. The van der Waals surface area contributed by atoms with Crippen molar-refractivity contribution < 1.29 is 13.6 Å². The van der Waals surface area contributed by atoms with Crippen LogP contribution in [0.1, 0.15) is 36.0 Å². The Morgan fingerprint density at radius 1 is 1.00 bits per heavy atom. The zero-order valence-corrected chi connectivity index (χ0v) is 17.7. The number of nitrogens with two attached hydrogens (primary N) is 1. The number of amides is 1. The number of carbonyl (C=O) groups excluding carboxylic acids is 1. The molecule has 1 amide bonds. The van der Waals surface area contributed by atoms with E-state index >= 15 is 0 Å². The number of anilines is 1. The second-order valence-corrected chi connectivity index (χ2v) is 6.97. The van der Waals surface area contributed by atoms with E-state index < -0.39 is 0 Å². The van der Waals surface area contributed by atoms with Gasteiger partial charge in [-0.05, 0) is 61.0 Å². The van der Waals surface area contributed by atoms with Crippen LogP contribution in [0.3, 0.4) is 0 Å². The van der Waals surface area contributed by atoms with Crippen LogP contribution in [0, 0.1) is 11.6 Å². The zero-order chi connectivity index (χ0) is 22.1. The number of nitrogens with one attached hydrogen (secondary N) is 1. The van der Waals surface area contributed by atoms with Gasteiger partial charge in [0.05, 0.1) is 0 Å². The molecule has 3 rings (SSSR count). The van der Waals surface area contributed by atoms with Gasteiger partial charge in [0.1, 0.15) is 11.6 Å². The molecule has 0 heterocycles. The molecular formula is C24H25ClF2N2O. The van der Waals surface area contributed by atoms with Crippen LogP contribution in [0.5, 0.6) is 0 Å². The molecule has 0 aliphatic heterocycles. The Kier molecular flexibility index (Phi) is 8.96. The highest BCUT2D eigenvalue weighted by Crippen LogP contribution is 2.31. The van der Waals surface area contributed by atoms with Crippen LogP contribution >= 0.6 is 11.6 Å². The van der Waals surface area contributed by atoms with E-state index in [1.165, 1.54) is 25.2 Å². The molecule has 1 atom stereocenters. The van der Waals surface area contributed by atoms with Crippen molar-refractivity contribution in [3.63, 3.8) is 0 Å². The average Bonchev–Trinajstić information content (AvgIpc) is 2.74. The number of halogens is 3. The van der Waals surface area contributed by atoms with Crippen LogP contribution in [0.4, 0.5) is 14.5 Å². The number of hydrogen-bond acceptors (Lipinski definition) is 2. The minimum Gasteiger partial charge on any atom is -0.333 e. The smallest absolute Gasteiger partial charge is 0.225 e. The van der Waals surface area contributed by atoms with Crippen molar-refractivity contribution in [1.82, 2.24) is 0 Å². The van der Waals surface area contributed by atoms with Crippen molar-refractivity contribution in [1.29, 1.82) is 0 Å². The first-order valence-corrected chi connectivity index (χ1v) is 10.0. The molecule has 158 valence electrons. The van der Waals surface area contributed by atoms with E-state index in [2.05, 4.69) is 11.1 Å². The molecule has 0 aliphatic carbocycles. The van der Waals surface area contributed by atoms with Crippen molar-refractivity contribution in [3.8, 4) is 0 Å². The second kappa shape index (κ2) is 11.4. The van der Waals surface area contributed by atoms with E-state index in [4.69, 9.17) is 11.6 Å². The number of hydrogen-bond donors (Lipinski definition) is 2. The van der Waals surface area contributed by atoms with Gasteiger partial charge in [-0.2, -0.15) is 0 Å². The van der Waals surface area contributed by atoms with E-state index in [0.29, 0.717) is 22.7 Å². The van der Waals surface area contributed by atoms with Crippen LogP contribution in [-0.2, 0) is 11.2 Å². The van der Waals surface area contributed by atoms with Gasteiger partial charge in [0.15, 0.2) is 0 Å². The van der Waals surface area contributed by atoms with Gasteiger partial charge < -0.3 is 11.1 Å². The molecule has 0 aromatic heterocycles. The molecule has 0 unspecified atom stereocenters. The maximum atomic E-state index is 14.0. The Labute approximate surface area is 180 Å². The Morgan fingerprint density at radius 2 is 1.67 bits per heavy atom. The molecule has 3 nitrogen and oxygen atoms in total. The van der Waals surface area contributed by atoms with Gasteiger partial charge in [0, 0.05) is 28.6 Å². The molecule has 3 N–H and O–H groups in total. The fourth-order valence-electron chi connectivity index (χ4n) is 3.27. The summed E-state index contributed by atoms with van der Waals surface area (Å²) in [6.07, 6.45) is 0.587. The summed E-state index contributed by atoms with van der Waals surface area (Å²) in [5.41, 5.74) is 7.09.